The van der Waals surface area contributed by atoms with E-state index in [0.717, 1.165) is 28.3 Å². The second-order valence-corrected chi connectivity index (χ2v) is 6.47. The summed E-state index contributed by atoms with van der Waals surface area (Å²) in [5.41, 5.74) is 0.144. The summed E-state index contributed by atoms with van der Waals surface area (Å²) in [4.78, 5) is 60.6. The molecule has 3 atom stereocenters. The molecular weight excluding hydrogens is 415 g/mol. The van der Waals surface area contributed by atoms with Crippen molar-refractivity contribution in [1.82, 2.24) is 10.6 Å². The zero-order chi connectivity index (χ0) is 23.6. The molecular formula is C20H25FN2O8. The molecule has 0 aliphatic heterocycles. The van der Waals surface area contributed by atoms with Crippen LogP contribution in [0.1, 0.15) is 18.9 Å². The van der Waals surface area contributed by atoms with Gasteiger partial charge in [-0.25, -0.2) is 9.18 Å². The predicted octanol–water partition coefficient (Wildman–Crippen LogP) is -0.117. The van der Waals surface area contributed by atoms with E-state index in [9.17, 15) is 28.4 Å². The van der Waals surface area contributed by atoms with Gasteiger partial charge in [-0.15, -0.1) is 0 Å². The Morgan fingerprint density at radius 3 is 2.06 bits per heavy atom. The largest absolute Gasteiger partial charge is 0.469 e. The lowest BCUT2D eigenvalue weighted by atomic mass is 9.95. The molecule has 1 rings (SSSR count). The second-order valence-electron chi connectivity index (χ2n) is 6.47. The average molecular weight is 440 g/mol. The van der Waals surface area contributed by atoms with Crippen LogP contribution in [0.2, 0.25) is 0 Å². The van der Waals surface area contributed by atoms with Gasteiger partial charge < -0.3 is 24.8 Å². The molecule has 0 fully saturated rings. The normalized spacial score (nSPS) is 13.2. The summed E-state index contributed by atoms with van der Waals surface area (Å²) in [5.74, 6) is -6.35. The van der Waals surface area contributed by atoms with Crippen LogP contribution in [0, 0.1) is 11.7 Å². The highest BCUT2D eigenvalue weighted by Crippen LogP contribution is 2.16. The van der Waals surface area contributed by atoms with E-state index in [0.29, 0.717) is 0 Å². The highest BCUT2D eigenvalue weighted by atomic mass is 19.1. The molecule has 0 radical (unpaired) electrons. The molecule has 0 spiro atoms. The summed E-state index contributed by atoms with van der Waals surface area (Å²) in [6, 6.07) is 2.75. The van der Waals surface area contributed by atoms with Crippen LogP contribution < -0.4 is 10.6 Å². The molecule has 0 saturated heterocycles. The van der Waals surface area contributed by atoms with E-state index in [2.05, 4.69) is 24.8 Å². The number of carbonyl (C=O) groups is 5. The van der Waals surface area contributed by atoms with Gasteiger partial charge in [-0.1, -0.05) is 18.2 Å². The van der Waals surface area contributed by atoms with Gasteiger partial charge in [0.15, 0.2) is 0 Å². The van der Waals surface area contributed by atoms with Crippen LogP contribution in [0.5, 0.6) is 0 Å². The van der Waals surface area contributed by atoms with Crippen LogP contribution in [0.25, 0.3) is 0 Å². The van der Waals surface area contributed by atoms with Crippen molar-refractivity contribution < 1.29 is 42.6 Å². The van der Waals surface area contributed by atoms with Crippen molar-refractivity contribution in [1.29, 1.82) is 0 Å². The molecule has 0 bridgehead atoms. The van der Waals surface area contributed by atoms with Crippen molar-refractivity contribution in [3.05, 3.63) is 35.6 Å². The maximum Gasteiger partial charge on any atom is 0.329 e. The number of methoxy groups -OCH3 is 3. The molecule has 2 N–H and O–H groups in total. The summed E-state index contributed by atoms with van der Waals surface area (Å²) >= 11 is 0. The van der Waals surface area contributed by atoms with Crippen molar-refractivity contribution >= 4 is 29.7 Å². The van der Waals surface area contributed by atoms with Gasteiger partial charge in [0.25, 0.3) is 0 Å². The third-order valence-corrected chi connectivity index (χ3v) is 4.35. The Labute approximate surface area is 178 Å². The predicted molar refractivity (Wildman–Crippen MR) is 104 cm³/mol. The summed E-state index contributed by atoms with van der Waals surface area (Å²) < 4.78 is 27.8. The first kappa shape index (κ1) is 25.5. The third kappa shape index (κ3) is 7.68. The van der Waals surface area contributed by atoms with Crippen molar-refractivity contribution in [2.45, 2.75) is 31.8 Å². The molecule has 0 aromatic heterocycles. The monoisotopic (exact) mass is 440 g/mol. The number of hydrogen-bond acceptors (Lipinski definition) is 8. The Morgan fingerprint density at radius 2 is 1.55 bits per heavy atom. The zero-order valence-corrected chi connectivity index (χ0v) is 17.6. The van der Waals surface area contributed by atoms with E-state index in [1.807, 2.05) is 0 Å². The molecule has 1 aromatic rings. The average Bonchev–Trinajstić information content (AvgIpc) is 2.75. The van der Waals surface area contributed by atoms with Crippen LogP contribution >= 0.6 is 0 Å². The summed E-state index contributed by atoms with van der Waals surface area (Å²) in [6.45, 7) is 1.16. The molecule has 170 valence electrons. The van der Waals surface area contributed by atoms with Gasteiger partial charge in [0.2, 0.25) is 11.8 Å². The molecule has 1 aromatic carbocycles. The summed E-state index contributed by atoms with van der Waals surface area (Å²) in [7, 11) is 3.16. The molecule has 2 amide bonds. The molecule has 31 heavy (non-hydrogen) atoms. The SMILES string of the molecule is COC(=O)C[C@H](C(=O)OC)[C@H](NC(=O)[C@H](Cc1ccccc1F)NC(C)=O)C(=O)OC. The van der Waals surface area contributed by atoms with Crippen molar-refractivity contribution in [2.75, 3.05) is 21.3 Å². The van der Waals surface area contributed by atoms with Gasteiger partial charge in [0, 0.05) is 13.3 Å². The molecule has 0 heterocycles. The van der Waals surface area contributed by atoms with Crippen LogP contribution in [0.4, 0.5) is 4.39 Å². The Balaban J connectivity index is 3.20. The minimum Gasteiger partial charge on any atom is -0.469 e. The Kier molecular flexibility index (Phi) is 10.1. The number of amides is 2. The summed E-state index contributed by atoms with van der Waals surface area (Å²) in [6.07, 6.45) is -0.812. The summed E-state index contributed by atoms with van der Waals surface area (Å²) in [5, 5.41) is 4.67. The minimum absolute atomic E-state index is 0.144. The molecule has 10 nitrogen and oxygen atoms in total. The van der Waals surface area contributed by atoms with E-state index in [1.165, 1.54) is 18.2 Å². The van der Waals surface area contributed by atoms with Crippen molar-refractivity contribution in [3.63, 3.8) is 0 Å². The fourth-order valence-electron chi connectivity index (χ4n) is 2.79. The fraction of sp³-hybridized carbons (Fsp3) is 0.450. The number of rotatable bonds is 10. The van der Waals surface area contributed by atoms with Gasteiger partial charge in [-0.05, 0) is 11.6 Å². The number of esters is 3. The molecule has 11 heteroatoms. The van der Waals surface area contributed by atoms with Gasteiger partial charge >= 0.3 is 17.9 Å². The molecule has 0 saturated carbocycles. The highest BCUT2D eigenvalue weighted by Gasteiger charge is 2.39. The topological polar surface area (TPSA) is 137 Å². The van der Waals surface area contributed by atoms with Crippen LogP contribution in [-0.4, -0.2) is 63.1 Å². The quantitative estimate of drug-likeness (QED) is 0.380. The van der Waals surface area contributed by atoms with Crippen LogP contribution in [0.3, 0.4) is 0 Å². The van der Waals surface area contributed by atoms with Crippen LogP contribution in [0.15, 0.2) is 24.3 Å². The van der Waals surface area contributed by atoms with E-state index in [-0.39, 0.29) is 12.0 Å². The first-order valence-electron chi connectivity index (χ1n) is 9.17. The van der Waals surface area contributed by atoms with Crippen LogP contribution in [-0.2, 0) is 44.6 Å². The van der Waals surface area contributed by atoms with Crippen molar-refractivity contribution in [3.8, 4) is 0 Å². The maximum absolute atomic E-state index is 14.0. The van der Waals surface area contributed by atoms with Gasteiger partial charge in [-0.2, -0.15) is 0 Å². The highest BCUT2D eigenvalue weighted by molar-refractivity contribution is 5.94. The number of benzene rings is 1. The first-order chi connectivity index (χ1) is 14.6. The van der Waals surface area contributed by atoms with Crippen molar-refractivity contribution in [2.24, 2.45) is 5.92 Å². The van der Waals surface area contributed by atoms with Gasteiger partial charge in [-0.3, -0.25) is 19.2 Å². The van der Waals surface area contributed by atoms with Gasteiger partial charge in [0.1, 0.15) is 17.9 Å². The number of carbonyl (C=O) groups excluding carboxylic acids is 5. The Hall–Kier alpha value is -3.50. The number of hydrogen-bond donors (Lipinski definition) is 2. The fourth-order valence-corrected chi connectivity index (χ4v) is 2.79. The van der Waals surface area contributed by atoms with Gasteiger partial charge in [0.05, 0.1) is 33.7 Å². The lowest BCUT2D eigenvalue weighted by Crippen LogP contribution is -2.56. The number of ether oxygens (including phenoxy) is 3. The molecule has 0 aliphatic carbocycles. The number of nitrogens with one attached hydrogen (secondary N) is 2. The molecule has 0 aliphatic rings. The van der Waals surface area contributed by atoms with E-state index < -0.39 is 60.0 Å². The lowest BCUT2D eigenvalue weighted by Gasteiger charge is -2.26. The minimum atomic E-state index is -1.62. The second kappa shape index (κ2) is 12.3. The first-order valence-corrected chi connectivity index (χ1v) is 9.17. The lowest BCUT2D eigenvalue weighted by molar-refractivity contribution is -0.159. The standard InChI is InChI=1S/C20H25FN2O8/c1-11(24)22-15(9-12-7-5-6-8-14(12)21)18(26)23-17(20(28)31-4)13(19(27)30-3)10-16(25)29-2/h5-8,13,15,17H,9-10H2,1-4H3,(H,22,24)(H,23,26)/t13-,15-,17-/m0/s1. The number of halogens is 1. The van der Waals surface area contributed by atoms with E-state index in [4.69, 9.17) is 0 Å². The Morgan fingerprint density at radius 1 is 0.935 bits per heavy atom. The third-order valence-electron chi connectivity index (χ3n) is 4.35. The maximum atomic E-state index is 14.0. The van der Waals surface area contributed by atoms with E-state index in [1.54, 1.807) is 6.07 Å². The molecule has 0 unspecified atom stereocenters. The Bertz CT molecular complexity index is 829. The zero-order valence-electron chi connectivity index (χ0n) is 17.6. The van der Waals surface area contributed by atoms with E-state index >= 15 is 0 Å². The smallest absolute Gasteiger partial charge is 0.329 e.